The molecule has 0 aromatic heterocycles. The van der Waals surface area contributed by atoms with E-state index in [0.717, 1.165) is 0 Å². The molecule has 0 aromatic carbocycles. The lowest BCUT2D eigenvalue weighted by atomic mass is 11.1. The van der Waals surface area contributed by atoms with E-state index in [4.69, 9.17) is 15.3 Å². The summed E-state index contributed by atoms with van der Waals surface area (Å²) in [5.74, 6) is 4.35. The molecule has 6 N–H and O–H groups in total. The molecule has 0 radical (unpaired) electrons. The van der Waals surface area contributed by atoms with Crippen molar-refractivity contribution in [1.29, 1.82) is 0 Å². The molecule has 0 rings (SSSR count). The number of carbonyl (C=O) groups is 1. The van der Waals surface area contributed by atoms with E-state index in [1.165, 1.54) is 5.34 Å². The normalized spacial score (nSPS) is 6.44. The summed E-state index contributed by atoms with van der Waals surface area (Å²) in [7, 11) is 0. The highest BCUT2D eigenvalue weighted by Crippen LogP contribution is 1.58. The van der Waals surface area contributed by atoms with Gasteiger partial charge in [0.2, 0.25) is 0 Å². The van der Waals surface area contributed by atoms with Gasteiger partial charge in [-0.1, -0.05) is 0 Å². The van der Waals surface area contributed by atoms with Crippen molar-refractivity contribution in [2.45, 2.75) is 0 Å². The van der Waals surface area contributed by atoms with Crippen molar-refractivity contribution in [1.82, 2.24) is 5.17 Å². The van der Waals surface area contributed by atoms with E-state index in [9.17, 15) is 4.79 Å². The van der Waals surface area contributed by atoms with Crippen molar-refractivity contribution in [2.24, 2.45) is 16.9 Å². The van der Waals surface area contributed by atoms with E-state index in [-0.39, 0.29) is 5.17 Å². The van der Waals surface area contributed by atoms with E-state index < -0.39 is 6.03 Å². The van der Waals surface area contributed by atoms with Gasteiger partial charge in [0, 0.05) is 0 Å². The third kappa shape index (κ3) is 20.7. The predicted molar refractivity (Wildman–Crippen MR) is 25.0 cm³/mol. The van der Waals surface area contributed by atoms with Gasteiger partial charge in [0.05, 0.1) is 0 Å². The van der Waals surface area contributed by atoms with E-state index in [1.807, 2.05) is 0 Å². The molecular weight excluding hydrogens is 132 g/mol. The highest BCUT2D eigenvalue weighted by atomic mass is 16.6. The Morgan fingerprint density at radius 2 is 1.78 bits per heavy atom. The van der Waals surface area contributed by atoms with Gasteiger partial charge in [-0.15, -0.1) is 10.1 Å². The Morgan fingerprint density at radius 3 is 1.78 bits per heavy atom. The van der Waals surface area contributed by atoms with Crippen LogP contribution in [0.3, 0.4) is 0 Å². The van der Waals surface area contributed by atoms with Gasteiger partial charge in [-0.2, -0.15) is 0 Å². The summed E-state index contributed by atoms with van der Waals surface area (Å²) in [5, 5.41) is 15.5. The molecule has 0 aliphatic carbocycles. The lowest BCUT2D eigenvalue weighted by molar-refractivity contribution is -0.0406. The monoisotopic (exact) mass is 138 g/mol. The first-order chi connectivity index (χ1) is 4.06. The summed E-state index contributed by atoms with van der Waals surface area (Å²) >= 11 is 0. The Labute approximate surface area is 49.5 Å². The SMILES string of the molecule is NC(=O)N(N)O.O=NO. The minimum Gasteiger partial charge on any atom is -0.379 e. The van der Waals surface area contributed by atoms with Crippen LogP contribution in [0.2, 0.25) is 0 Å². The second-order valence-corrected chi connectivity index (χ2v) is 0.764. The predicted octanol–water partition coefficient (Wildman–Crippen LogP) is -1.23. The van der Waals surface area contributed by atoms with Crippen molar-refractivity contribution in [3.63, 3.8) is 0 Å². The third-order valence-corrected chi connectivity index (χ3v) is 0.226. The fourth-order valence-electron chi connectivity index (χ4n) is 0. The van der Waals surface area contributed by atoms with Crippen LogP contribution in [0.25, 0.3) is 0 Å². The van der Waals surface area contributed by atoms with Gasteiger partial charge >= 0.3 is 6.03 Å². The molecule has 0 aliphatic heterocycles. The number of urea groups is 1. The molecule has 0 spiro atoms. The van der Waals surface area contributed by atoms with E-state index in [2.05, 4.69) is 11.6 Å². The molecule has 0 unspecified atom stereocenters. The largest absolute Gasteiger partial charge is 0.379 e. The number of carbonyl (C=O) groups excluding carboxylic acids is 1. The van der Waals surface area contributed by atoms with Gasteiger partial charge in [-0.3, -0.25) is 5.21 Å². The van der Waals surface area contributed by atoms with Crippen LogP contribution >= 0.6 is 0 Å². The number of hydrogen-bond acceptors (Lipinski definition) is 5. The average Bonchev–Trinajstić information content (AvgIpc) is 1.68. The zero-order valence-electron chi connectivity index (χ0n) is 4.26. The fourth-order valence-corrected chi connectivity index (χ4v) is 0. The van der Waals surface area contributed by atoms with Crippen LogP contribution in [-0.2, 0) is 0 Å². The number of nitrogens with zero attached hydrogens (tertiary/aromatic N) is 2. The number of nitrogens with two attached hydrogens (primary N) is 2. The standard InChI is InChI=1S/CH5N3O2.HNO2/c2-1(5)4(3)6;2-1-3/h6H,3H2,(H2,2,5);(H,2,3). The van der Waals surface area contributed by atoms with Crippen LogP contribution in [0.1, 0.15) is 0 Å². The van der Waals surface area contributed by atoms with Crippen molar-refractivity contribution in [3.05, 3.63) is 4.91 Å². The molecule has 8 heteroatoms. The van der Waals surface area contributed by atoms with Crippen molar-refractivity contribution < 1.29 is 15.2 Å². The Hall–Kier alpha value is -1.41. The summed E-state index contributed by atoms with van der Waals surface area (Å²) in [6.07, 6.45) is 0. The molecule has 54 valence electrons. The van der Waals surface area contributed by atoms with Crippen LogP contribution in [0.4, 0.5) is 4.79 Å². The van der Waals surface area contributed by atoms with E-state index >= 15 is 0 Å². The van der Waals surface area contributed by atoms with Crippen molar-refractivity contribution in [3.8, 4) is 0 Å². The topological polar surface area (TPSA) is 142 Å². The lowest BCUT2D eigenvalue weighted by Crippen LogP contribution is -2.38. The quantitative estimate of drug-likeness (QED) is 0.109. The molecule has 0 heterocycles. The van der Waals surface area contributed by atoms with Gasteiger partial charge < -0.3 is 10.9 Å². The highest BCUT2D eigenvalue weighted by Gasteiger charge is 1.92. The number of hydrazine groups is 1. The summed E-state index contributed by atoms with van der Waals surface area (Å²) in [6, 6.07) is -1.07. The van der Waals surface area contributed by atoms with Crippen LogP contribution < -0.4 is 11.6 Å². The van der Waals surface area contributed by atoms with Crippen LogP contribution in [0, 0.1) is 4.91 Å². The maximum Gasteiger partial charge on any atom is 0.353 e. The van der Waals surface area contributed by atoms with Gasteiger partial charge in [0.25, 0.3) is 0 Å². The Balaban J connectivity index is 0. The second kappa shape index (κ2) is 6.59. The Morgan fingerprint density at radius 1 is 1.67 bits per heavy atom. The molecule has 0 bridgehead atoms. The number of amides is 2. The number of hydroxylamine groups is 1. The zero-order valence-corrected chi connectivity index (χ0v) is 4.26. The Bertz CT molecular complexity index is 90.6. The van der Waals surface area contributed by atoms with Crippen LogP contribution in [0.15, 0.2) is 5.34 Å². The average molecular weight is 138 g/mol. The summed E-state index contributed by atoms with van der Waals surface area (Å²) in [6.45, 7) is 0. The molecular formula is CH6N4O4. The van der Waals surface area contributed by atoms with E-state index in [1.54, 1.807) is 0 Å². The maximum atomic E-state index is 9.47. The van der Waals surface area contributed by atoms with Gasteiger partial charge in [0.15, 0.2) is 5.34 Å². The molecule has 0 atom stereocenters. The summed E-state index contributed by atoms with van der Waals surface area (Å²) < 4.78 is 0. The highest BCUT2D eigenvalue weighted by molar-refractivity contribution is 5.69. The zero-order chi connectivity index (χ0) is 7.86. The summed E-state index contributed by atoms with van der Waals surface area (Å²) in [4.78, 5) is 17.6. The lowest BCUT2D eigenvalue weighted by Gasteiger charge is -1.98. The van der Waals surface area contributed by atoms with Gasteiger partial charge in [-0.25, -0.2) is 10.6 Å². The van der Waals surface area contributed by atoms with Gasteiger partial charge in [-0.05, 0) is 0 Å². The third-order valence-electron chi connectivity index (χ3n) is 0.226. The number of primary amides is 1. The Kier molecular flexibility index (Phi) is 7.72. The van der Waals surface area contributed by atoms with E-state index in [0.29, 0.717) is 0 Å². The number of hydrogen-bond donors (Lipinski definition) is 4. The molecule has 2 amide bonds. The smallest absolute Gasteiger partial charge is 0.353 e. The minimum absolute atomic E-state index is 0.194. The molecule has 0 aliphatic rings. The maximum absolute atomic E-state index is 9.47. The van der Waals surface area contributed by atoms with Crippen molar-refractivity contribution >= 4 is 6.03 Å². The molecule has 0 saturated heterocycles. The van der Waals surface area contributed by atoms with Crippen molar-refractivity contribution in [2.75, 3.05) is 0 Å². The number of rotatable bonds is 0. The second-order valence-electron chi connectivity index (χ2n) is 0.764. The molecule has 9 heavy (non-hydrogen) atoms. The van der Waals surface area contributed by atoms with Crippen LogP contribution in [-0.4, -0.2) is 21.6 Å². The first-order valence-corrected chi connectivity index (χ1v) is 1.56. The van der Waals surface area contributed by atoms with Crippen LogP contribution in [0.5, 0.6) is 0 Å². The molecule has 0 aromatic rings. The first-order valence-electron chi connectivity index (χ1n) is 1.56. The first kappa shape index (κ1) is 10.5. The summed E-state index contributed by atoms with van der Waals surface area (Å²) in [5.41, 5.74) is 4.35. The molecule has 0 saturated carbocycles. The molecule has 0 fully saturated rings. The minimum atomic E-state index is -1.07. The van der Waals surface area contributed by atoms with Gasteiger partial charge in [0.1, 0.15) is 0 Å². The molecule has 8 nitrogen and oxygen atoms in total. The fraction of sp³-hybridized carbons (Fsp3) is 0.